The standard InChI is InChI=1S/C16H23ClN4O2/c1-2-23-13(22)9-7-5-3-4-6-8-10-21-12-20-16-14(21)15(17)18-11-19-16/h11-12H,2-10H2,1H3. The van der Waals surface area contributed by atoms with Crippen LogP contribution in [0.15, 0.2) is 12.7 Å². The Labute approximate surface area is 141 Å². The van der Waals surface area contributed by atoms with Gasteiger partial charge in [-0.3, -0.25) is 4.79 Å². The number of hydrogen-bond donors (Lipinski definition) is 0. The summed E-state index contributed by atoms with van der Waals surface area (Å²) in [6.07, 6.45) is 10.2. The normalized spacial score (nSPS) is 11.0. The molecule has 0 unspecified atom stereocenters. The van der Waals surface area contributed by atoms with Crippen LogP contribution in [0.3, 0.4) is 0 Å². The summed E-state index contributed by atoms with van der Waals surface area (Å²) in [6, 6.07) is 0. The first kappa shape index (κ1) is 17.7. The molecular formula is C16H23ClN4O2. The zero-order valence-corrected chi connectivity index (χ0v) is 14.3. The van der Waals surface area contributed by atoms with Crippen molar-refractivity contribution in [3.8, 4) is 0 Å². The van der Waals surface area contributed by atoms with Crippen LogP contribution in [0.1, 0.15) is 51.9 Å². The molecule has 0 saturated heterocycles. The molecule has 0 saturated carbocycles. The Balaban J connectivity index is 1.60. The molecule has 2 aromatic heterocycles. The van der Waals surface area contributed by atoms with Crippen molar-refractivity contribution in [3.63, 3.8) is 0 Å². The smallest absolute Gasteiger partial charge is 0.305 e. The quantitative estimate of drug-likeness (QED) is 0.374. The number of halogens is 1. The van der Waals surface area contributed by atoms with E-state index in [9.17, 15) is 4.79 Å². The Morgan fingerprint density at radius 1 is 1.13 bits per heavy atom. The summed E-state index contributed by atoms with van der Waals surface area (Å²) in [5.41, 5.74) is 1.45. The maximum atomic E-state index is 11.2. The van der Waals surface area contributed by atoms with E-state index in [0.29, 0.717) is 23.8 Å². The lowest BCUT2D eigenvalue weighted by Crippen LogP contribution is -2.03. The maximum Gasteiger partial charge on any atom is 0.305 e. The molecule has 0 spiro atoms. The SMILES string of the molecule is CCOC(=O)CCCCCCCCn1cnc2ncnc(Cl)c21. The fourth-order valence-corrected chi connectivity index (χ4v) is 2.77. The van der Waals surface area contributed by atoms with Gasteiger partial charge < -0.3 is 9.30 Å². The Hall–Kier alpha value is -1.69. The predicted octanol–water partition coefficient (Wildman–Crippen LogP) is 3.77. The van der Waals surface area contributed by atoms with Crippen LogP contribution < -0.4 is 0 Å². The van der Waals surface area contributed by atoms with E-state index in [2.05, 4.69) is 15.0 Å². The van der Waals surface area contributed by atoms with E-state index < -0.39 is 0 Å². The molecule has 6 nitrogen and oxygen atoms in total. The van der Waals surface area contributed by atoms with Gasteiger partial charge in [0.15, 0.2) is 10.8 Å². The maximum absolute atomic E-state index is 11.2. The van der Waals surface area contributed by atoms with Crippen LogP contribution in [0.4, 0.5) is 0 Å². The van der Waals surface area contributed by atoms with Gasteiger partial charge in [-0.1, -0.05) is 37.3 Å². The zero-order chi connectivity index (χ0) is 16.5. The number of imidazole rings is 1. The minimum atomic E-state index is -0.0846. The van der Waals surface area contributed by atoms with Gasteiger partial charge in [0.05, 0.1) is 12.9 Å². The second kappa shape index (κ2) is 9.45. The van der Waals surface area contributed by atoms with E-state index in [-0.39, 0.29) is 5.97 Å². The second-order valence-electron chi connectivity index (χ2n) is 5.45. The minimum absolute atomic E-state index is 0.0846. The lowest BCUT2D eigenvalue weighted by molar-refractivity contribution is -0.143. The van der Waals surface area contributed by atoms with Gasteiger partial charge in [-0.15, -0.1) is 0 Å². The summed E-state index contributed by atoms with van der Waals surface area (Å²) in [7, 11) is 0. The number of fused-ring (bicyclic) bond motifs is 1. The Morgan fingerprint density at radius 3 is 2.65 bits per heavy atom. The van der Waals surface area contributed by atoms with Crippen molar-refractivity contribution in [2.24, 2.45) is 0 Å². The van der Waals surface area contributed by atoms with E-state index in [1.807, 2.05) is 11.5 Å². The van der Waals surface area contributed by atoms with Gasteiger partial charge in [0.2, 0.25) is 0 Å². The number of rotatable bonds is 10. The summed E-state index contributed by atoms with van der Waals surface area (Å²) < 4.78 is 6.92. The topological polar surface area (TPSA) is 69.9 Å². The fourth-order valence-electron chi connectivity index (χ4n) is 2.53. The molecule has 23 heavy (non-hydrogen) atoms. The molecule has 0 amide bonds. The van der Waals surface area contributed by atoms with Crippen LogP contribution >= 0.6 is 11.6 Å². The number of aromatic nitrogens is 4. The van der Waals surface area contributed by atoms with Crippen LogP contribution in [-0.2, 0) is 16.1 Å². The molecule has 0 aromatic carbocycles. The lowest BCUT2D eigenvalue weighted by atomic mass is 10.1. The average Bonchev–Trinajstić information content (AvgIpc) is 2.95. The highest BCUT2D eigenvalue weighted by Gasteiger charge is 2.08. The van der Waals surface area contributed by atoms with Gasteiger partial charge in [-0.25, -0.2) is 15.0 Å². The highest BCUT2D eigenvalue weighted by Crippen LogP contribution is 2.19. The Bertz CT molecular complexity index is 630. The number of aryl methyl sites for hydroxylation is 1. The monoisotopic (exact) mass is 338 g/mol. The van der Waals surface area contributed by atoms with E-state index in [0.717, 1.165) is 44.2 Å². The summed E-state index contributed by atoms with van der Waals surface area (Å²) in [6.45, 7) is 3.17. The van der Waals surface area contributed by atoms with Crippen molar-refractivity contribution < 1.29 is 9.53 Å². The molecular weight excluding hydrogens is 316 g/mol. The number of ether oxygens (including phenoxy) is 1. The third-order valence-corrected chi connectivity index (χ3v) is 3.98. The molecule has 2 heterocycles. The molecule has 0 aliphatic rings. The first-order valence-electron chi connectivity index (χ1n) is 8.19. The van der Waals surface area contributed by atoms with Crippen molar-refractivity contribution in [1.29, 1.82) is 0 Å². The van der Waals surface area contributed by atoms with Crippen LogP contribution in [0.2, 0.25) is 5.15 Å². The van der Waals surface area contributed by atoms with Crippen LogP contribution in [0.25, 0.3) is 11.2 Å². The van der Waals surface area contributed by atoms with Crippen LogP contribution in [-0.4, -0.2) is 32.1 Å². The van der Waals surface area contributed by atoms with Gasteiger partial charge in [0, 0.05) is 13.0 Å². The lowest BCUT2D eigenvalue weighted by Gasteiger charge is -2.05. The Morgan fingerprint density at radius 2 is 1.87 bits per heavy atom. The average molecular weight is 339 g/mol. The van der Waals surface area contributed by atoms with E-state index in [1.165, 1.54) is 12.7 Å². The first-order chi connectivity index (χ1) is 11.2. The van der Waals surface area contributed by atoms with Crippen molar-refractivity contribution in [2.75, 3.05) is 6.61 Å². The van der Waals surface area contributed by atoms with Gasteiger partial charge >= 0.3 is 5.97 Å². The van der Waals surface area contributed by atoms with Crippen molar-refractivity contribution in [3.05, 3.63) is 17.8 Å². The molecule has 0 aliphatic heterocycles. The summed E-state index contributed by atoms with van der Waals surface area (Å²) in [5, 5.41) is 0.450. The van der Waals surface area contributed by atoms with Crippen LogP contribution in [0, 0.1) is 0 Å². The van der Waals surface area contributed by atoms with Gasteiger partial charge in [-0.2, -0.15) is 0 Å². The Kier molecular flexibility index (Phi) is 7.26. The number of hydrogen-bond acceptors (Lipinski definition) is 5. The fraction of sp³-hybridized carbons (Fsp3) is 0.625. The third kappa shape index (κ3) is 5.46. The molecule has 7 heteroatoms. The van der Waals surface area contributed by atoms with Gasteiger partial charge in [-0.05, 0) is 19.8 Å². The number of carbonyl (C=O) groups excluding carboxylic acids is 1. The molecule has 2 aromatic rings. The second-order valence-corrected chi connectivity index (χ2v) is 5.81. The van der Waals surface area contributed by atoms with Crippen LogP contribution in [0.5, 0.6) is 0 Å². The highest BCUT2D eigenvalue weighted by atomic mass is 35.5. The third-order valence-electron chi connectivity index (χ3n) is 3.70. The highest BCUT2D eigenvalue weighted by molar-refractivity contribution is 6.33. The first-order valence-corrected chi connectivity index (χ1v) is 8.57. The molecule has 2 rings (SSSR count). The minimum Gasteiger partial charge on any atom is -0.466 e. The van der Waals surface area contributed by atoms with E-state index >= 15 is 0 Å². The molecule has 126 valence electrons. The summed E-state index contributed by atoms with van der Waals surface area (Å²) in [4.78, 5) is 23.5. The van der Waals surface area contributed by atoms with Gasteiger partial charge in [0.25, 0.3) is 0 Å². The molecule has 0 bridgehead atoms. The zero-order valence-electron chi connectivity index (χ0n) is 13.5. The number of carbonyl (C=O) groups is 1. The number of unbranched alkanes of at least 4 members (excludes halogenated alkanes) is 5. The molecule has 0 aliphatic carbocycles. The van der Waals surface area contributed by atoms with Gasteiger partial charge in [0.1, 0.15) is 11.8 Å². The molecule has 0 fully saturated rings. The largest absolute Gasteiger partial charge is 0.466 e. The van der Waals surface area contributed by atoms with Crippen molar-refractivity contribution >= 4 is 28.7 Å². The van der Waals surface area contributed by atoms with E-state index in [4.69, 9.17) is 16.3 Å². The molecule has 0 atom stereocenters. The number of nitrogens with zero attached hydrogens (tertiary/aromatic N) is 4. The summed E-state index contributed by atoms with van der Waals surface area (Å²) in [5.74, 6) is -0.0846. The number of esters is 1. The van der Waals surface area contributed by atoms with Crippen molar-refractivity contribution in [1.82, 2.24) is 19.5 Å². The van der Waals surface area contributed by atoms with E-state index in [1.54, 1.807) is 6.33 Å². The molecule has 0 N–H and O–H groups in total. The van der Waals surface area contributed by atoms with Crippen molar-refractivity contribution in [2.45, 2.75) is 58.4 Å². The summed E-state index contributed by atoms with van der Waals surface area (Å²) >= 11 is 6.10. The molecule has 0 radical (unpaired) electrons. The predicted molar refractivity (Wildman–Crippen MR) is 89.3 cm³/mol.